The second-order valence-corrected chi connectivity index (χ2v) is 11.4. The van der Waals surface area contributed by atoms with Crippen molar-refractivity contribution in [3.05, 3.63) is 152 Å². The molecule has 0 radical (unpaired) electrons. The fraction of sp³-hybridized carbons (Fsp3) is 0. The summed E-state index contributed by atoms with van der Waals surface area (Å²) < 4.78 is 0. The number of aromatic nitrogens is 5. The summed E-state index contributed by atoms with van der Waals surface area (Å²) in [6, 6.07) is 44.3. The van der Waals surface area contributed by atoms with Gasteiger partial charge in [0.05, 0.1) is 33.5 Å². The Kier molecular flexibility index (Phi) is 6.06. The highest BCUT2D eigenvalue weighted by Crippen LogP contribution is 2.33. The summed E-state index contributed by atoms with van der Waals surface area (Å²) >= 11 is 0. The van der Waals surface area contributed by atoms with E-state index >= 15 is 0 Å². The van der Waals surface area contributed by atoms with Crippen LogP contribution in [0, 0.1) is 0 Å². The second kappa shape index (κ2) is 10.7. The third-order valence-electron chi connectivity index (χ3n) is 8.65. The molecule has 0 fully saturated rings. The Morgan fingerprint density at radius 2 is 1.09 bits per heavy atom. The second-order valence-electron chi connectivity index (χ2n) is 11.4. The van der Waals surface area contributed by atoms with Crippen LogP contribution in [0.25, 0.3) is 88.4 Å². The molecule has 0 aliphatic rings. The van der Waals surface area contributed by atoms with Gasteiger partial charge in [-0.25, -0.2) is 9.97 Å². The monoisotopic (exact) mass is 587 g/mol. The minimum Gasteiger partial charge on any atom is -0.264 e. The minimum atomic E-state index is 0.918. The molecule has 5 aromatic heterocycles. The average molecular weight is 588 g/mol. The summed E-state index contributed by atoms with van der Waals surface area (Å²) in [6.45, 7) is 0. The molecule has 0 saturated heterocycles. The Balaban J connectivity index is 1.02. The first-order valence-electron chi connectivity index (χ1n) is 15.2. The summed E-state index contributed by atoms with van der Waals surface area (Å²) in [6.07, 6.45) is 7.32. The van der Waals surface area contributed by atoms with E-state index in [0.29, 0.717) is 0 Å². The zero-order valence-electron chi connectivity index (χ0n) is 24.7. The predicted octanol–water partition coefficient (Wildman–Crippen LogP) is 9.94. The largest absolute Gasteiger partial charge is 0.264 e. The molecule has 9 rings (SSSR count). The van der Waals surface area contributed by atoms with Crippen molar-refractivity contribution < 1.29 is 0 Å². The molecule has 5 heteroatoms. The van der Waals surface area contributed by atoms with Gasteiger partial charge in [-0.2, -0.15) is 0 Å². The lowest BCUT2D eigenvalue weighted by atomic mass is 9.98. The Bertz CT molecular complexity index is 2580. The van der Waals surface area contributed by atoms with Crippen LogP contribution in [-0.2, 0) is 0 Å². The average Bonchev–Trinajstić information content (AvgIpc) is 3.14. The molecule has 0 saturated carbocycles. The van der Waals surface area contributed by atoms with Gasteiger partial charge in [-0.05, 0) is 76.9 Å². The third kappa shape index (κ3) is 4.54. The molecule has 5 nitrogen and oxygen atoms in total. The molecule has 0 aliphatic heterocycles. The number of nitrogens with zero attached hydrogens (tertiary/aromatic N) is 5. The molecule has 5 heterocycles. The van der Waals surface area contributed by atoms with Crippen molar-refractivity contribution in [2.24, 2.45) is 0 Å². The van der Waals surface area contributed by atoms with Crippen molar-refractivity contribution in [2.75, 3.05) is 0 Å². The zero-order chi connectivity index (χ0) is 30.5. The van der Waals surface area contributed by atoms with E-state index in [2.05, 4.69) is 118 Å². The van der Waals surface area contributed by atoms with E-state index in [-0.39, 0.29) is 0 Å². The standard InChI is InChI=1S/C41H25N5/c1-4-33(25-42-20-1)38-16-12-28-9-10-31(24-39(28)46-38)30-13-17-37-32(23-30)14-18-36(45-37)27-7-5-26(6-8-27)34-19-22-44-41-35(34)15-11-29-3-2-21-43-40(29)41/h1-25H. The van der Waals surface area contributed by atoms with Crippen molar-refractivity contribution in [3.8, 4) is 44.8 Å². The van der Waals surface area contributed by atoms with Gasteiger partial charge in [-0.15, -0.1) is 0 Å². The number of pyridine rings is 5. The molecule has 214 valence electrons. The van der Waals surface area contributed by atoms with Gasteiger partial charge in [0.2, 0.25) is 0 Å². The number of fused-ring (bicyclic) bond motifs is 5. The highest BCUT2D eigenvalue weighted by Gasteiger charge is 2.11. The van der Waals surface area contributed by atoms with Gasteiger partial charge in [-0.1, -0.05) is 72.8 Å². The summed E-state index contributed by atoms with van der Waals surface area (Å²) in [5, 5.41) is 4.39. The summed E-state index contributed by atoms with van der Waals surface area (Å²) in [5.41, 5.74) is 12.2. The lowest BCUT2D eigenvalue weighted by molar-refractivity contribution is 1.30. The van der Waals surface area contributed by atoms with E-state index in [9.17, 15) is 0 Å². The normalized spacial score (nSPS) is 11.5. The van der Waals surface area contributed by atoms with Crippen LogP contribution in [0.2, 0.25) is 0 Å². The van der Waals surface area contributed by atoms with E-state index in [1.807, 2.05) is 42.9 Å². The smallest absolute Gasteiger partial charge is 0.0970 e. The number of benzene rings is 4. The van der Waals surface area contributed by atoms with Crippen molar-refractivity contribution in [2.45, 2.75) is 0 Å². The van der Waals surface area contributed by atoms with E-state index in [4.69, 9.17) is 9.97 Å². The number of rotatable bonds is 4. The molecular formula is C41H25N5. The molecular weight excluding hydrogens is 562 g/mol. The van der Waals surface area contributed by atoms with Crippen molar-refractivity contribution in [1.82, 2.24) is 24.9 Å². The van der Waals surface area contributed by atoms with E-state index in [0.717, 1.165) is 88.4 Å². The van der Waals surface area contributed by atoms with E-state index in [1.54, 1.807) is 6.20 Å². The van der Waals surface area contributed by atoms with Crippen LogP contribution in [0.3, 0.4) is 0 Å². The fourth-order valence-electron chi connectivity index (χ4n) is 6.26. The van der Waals surface area contributed by atoms with Gasteiger partial charge in [0.1, 0.15) is 0 Å². The van der Waals surface area contributed by atoms with E-state index in [1.165, 1.54) is 0 Å². The molecule has 0 aliphatic carbocycles. The summed E-state index contributed by atoms with van der Waals surface area (Å²) in [5.74, 6) is 0. The first-order chi connectivity index (χ1) is 22.8. The Labute approximate surface area is 264 Å². The van der Waals surface area contributed by atoms with Crippen molar-refractivity contribution >= 4 is 43.6 Å². The highest BCUT2D eigenvalue weighted by molar-refractivity contribution is 6.08. The Morgan fingerprint density at radius 1 is 0.391 bits per heavy atom. The molecule has 4 aromatic carbocycles. The third-order valence-corrected chi connectivity index (χ3v) is 8.65. The number of hydrogen-bond acceptors (Lipinski definition) is 5. The van der Waals surface area contributed by atoms with Gasteiger partial charge in [0.25, 0.3) is 0 Å². The molecule has 9 aromatic rings. The van der Waals surface area contributed by atoms with Crippen LogP contribution >= 0.6 is 0 Å². The fourth-order valence-corrected chi connectivity index (χ4v) is 6.26. The topological polar surface area (TPSA) is 64.5 Å². The predicted molar refractivity (Wildman–Crippen MR) is 187 cm³/mol. The molecule has 46 heavy (non-hydrogen) atoms. The van der Waals surface area contributed by atoms with E-state index < -0.39 is 0 Å². The minimum absolute atomic E-state index is 0.918. The molecule has 0 amide bonds. The molecule has 0 atom stereocenters. The van der Waals surface area contributed by atoms with Crippen LogP contribution in [0.15, 0.2) is 152 Å². The van der Waals surface area contributed by atoms with Gasteiger partial charge in [0.15, 0.2) is 0 Å². The van der Waals surface area contributed by atoms with Crippen LogP contribution in [0.5, 0.6) is 0 Å². The molecule has 0 bridgehead atoms. The SMILES string of the molecule is c1cncc(-c2ccc3ccc(-c4ccc5nc(-c6ccc(-c7ccnc8c7ccc7cccnc78)cc6)ccc5c4)cc3n2)c1. The molecule has 0 N–H and O–H groups in total. The molecule has 0 unspecified atom stereocenters. The lowest BCUT2D eigenvalue weighted by Crippen LogP contribution is -1.89. The molecule has 0 spiro atoms. The van der Waals surface area contributed by atoms with Crippen molar-refractivity contribution in [3.63, 3.8) is 0 Å². The van der Waals surface area contributed by atoms with Crippen LogP contribution < -0.4 is 0 Å². The Hall–Kier alpha value is -6.33. The van der Waals surface area contributed by atoms with Gasteiger partial charge >= 0.3 is 0 Å². The first kappa shape index (κ1) is 26.1. The quantitative estimate of drug-likeness (QED) is 0.192. The lowest BCUT2D eigenvalue weighted by Gasteiger charge is -2.10. The number of hydrogen-bond donors (Lipinski definition) is 0. The highest BCUT2D eigenvalue weighted by atomic mass is 14.7. The van der Waals surface area contributed by atoms with Gasteiger partial charge < -0.3 is 0 Å². The first-order valence-corrected chi connectivity index (χ1v) is 15.2. The summed E-state index contributed by atoms with van der Waals surface area (Å²) in [7, 11) is 0. The maximum atomic E-state index is 5.03. The van der Waals surface area contributed by atoms with Gasteiger partial charge in [0, 0.05) is 57.5 Å². The summed E-state index contributed by atoms with van der Waals surface area (Å²) in [4.78, 5) is 23.5. The maximum Gasteiger partial charge on any atom is 0.0970 e. The van der Waals surface area contributed by atoms with Crippen LogP contribution in [-0.4, -0.2) is 24.9 Å². The maximum absolute atomic E-state index is 5.03. The van der Waals surface area contributed by atoms with Crippen LogP contribution in [0.4, 0.5) is 0 Å². The Morgan fingerprint density at radius 3 is 1.98 bits per heavy atom. The van der Waals surface area contributed by atoms with Crippen LogP contribution in [0.1, 0.15) is 0 Å². The van der Waals surface area contributed by atoms with Gasteiger partial charge in [-0.3, -0.25) is 15.0 Å². The van der Waals surface area contributed by atoms with Crippen molar-refractivity contribution in [1.29, 1.82) is 0 Å². The zero-order valence-corrected chi connectivity index (χ0v) is 24.7.